The van der Waals surface area contributed by atoms with Crippen LogP contribution in [-0.2, 0) is 4.79 Å². The van der Waals surface area contributed by atoms with Crippen molar-refractivity contribution in [2.75, 3.05) is 6.54 Å². The molecule has 0 saturated carbocycles. The molecule has 0 bridgehead atoms. The van der Waals surface area contributed by atoms with Crippen LogP contribution >= 0.6 is 23.2 Å². The minimum absolute atomic E-state index is 0.121. The number of amides is 1. The van der Waals surface area contributed by atoms with Gasteiger partial charge < -0.3 is 5.32 Å². The van der Waals surface area contributed by atoms with Crippen LogP contribution in [0.4, 0.5) is 0 Å². The number of hydrogen-bond donors (Lipinski definition) is 1. The van der Waals surface area contributed by atoms with Gasteiger partial charge in [-0.15, -0.1) is 0 Å². The van der Waals surface area contributed by atoms with Gasteiger partial charge in [0, 0.05) is 34.3 Å². The average Bonchev–Trinajstić information content (AvgIpc) is 2.90. The molecule has 0 spiro atoms. The summed E-state index contributed by atoms with van der Waals surface area (Å²) in [6.45, 7) is 4.89. The Morgan fingerprint density at radius 2 is 1.50 bits per heavy atom. The van der Waals surface area contributed by atoms with E-state index in [1.807, 2.05) is 24.3 Å². The summed E-state index contributed by atoms with van der Waals surface area (Å²) < 4.78 is 0. The van der Waals surface area contributed by atoms with Crippen LogP contribution in [0.2, 0.25) is 10.0 Å². The van der Waals surface area contributed by atoms with Crippen molar-refractivity contribution in [3.05, 3.63) is 81.4 Å². The van der Waals surface area contributed by atoms with Gasteiger partial charge in [0.1, 0.15) is 0 Å². The zero-order chi connectivity index (χ0) is 18.5. The van der Waals surface area contributed by atoms with E-state index in [-0.39, 0.29) is 23.7 Å². The van der Waals surface area contributed by atoms with E-state index in [4.69, 9.17) is 23.2 Å². The quantitative estimate of drug-likeness (QED) is 0.672. The zero-order valence-electron chi connectivity index (χ0n) is 14.8. The molecule has 26 heavy (non-hydrogen) atoms. The number of halogens is 2. The van der Waals surface area contributed by atoms with E-state index in [1.54, 1.807) is 0 Å². The summed E-state index contributed by atoms with van der Waals surface area (Å²) in [7, 11) is 0. The predicted molar refractivity (Wildman–Crippen MR) is 107 cm³/mol. The fourth-order valence-electron chi connectivity index (χ4n) is 4.77. The maximum Gasteiger partial charge on any atom is 0.230 e. The Balaban J connectivity index is 1.89. The number of nitrogens with one attached hydrogen (secondary N) is 1. The first-order valence-electron chi connectivity index (χ1n) is 8.89. The first-order chi connectivity index (χ1) is 12.4. The van der Waals surface area contributed by atoms with E-state index >= 15 is 0 Å². The van der Waals surface area contributed by atoms with E-state index in [0.717, 1.165) is 10.0 Å². The SMILES string of the molecule is CC1=CC2(C)C(=O)NCC2C(c2ccc(Cl)cc2)C1c1ccc(Cl)cc1. The number of hydrogen-bond acceptors (Lipinski definition) is 1. The molecule has 134 valence electrons. The first kappa shape index (κ1) is 17.6. The highest BCUT2D eigenvalue weighted by Gasteiger charge is 2.53. The van der Waals surface area contributed by atoms with Crippen LogP contribution in [0, 0.1) is 11.3 Å². The monoisotopic (exact) mass is 385 g/mol. The lowest BCUT2D eigenvalue weighted by Crippen LogP contribution is -2.39. The summed E-state index contributed by atoms with van der Waals surface area (Å²) in [4.78, 5) is 12.6. The second kappa shape index (κ2) is 6.44. The minimum atomic E-state index is -0.475. The molecule has 1 saturated heterocycles. The highest BCUT2D eigenvalue weighted by atomic mass is 35.5. The van der Waals surface area contributed by atoms with E-state index in [9.17, 15) is 4.79 Å². The number of benzene rings is 2. The van der Waals surface area contributed by atoms with Crippen molar-refractivity contribution in [3.8, 4) is 0 Å². The molecule has 2 aliphatic rings. The highest BCUT2D eigenvalue weighted by Crippen LogP contribution is 2.55. The second-order valence-electron chi connectivity index (χ2n) is 7.59. The molecule has 4 heteroatoms. The topological polar surface area (TPSA) is 29.1 Å². The standard InChI is InChI=1S/C22H21Cl2NO/c1-13-11-22(2)18(12-25-21(22)26)20(15-5-9-17(24)10-6-15)19(13)14-3-7-16(23)8-4-14/h3-11,18-20H,12H2,1-2H3,(H,25,26). The van der Waals surface area contributed by atoms with Crippen LogP contribution in [0.3, 0.4) is 0 Å². The van der Waals surface area contributed by atoms with Gasteiger partial charge in [0.15, 0.2) is 0 Å². The molecule has 1 aliphatic carbocycles. The van der Waals surface area contributed by atoms with Crippen LogP contribution in [-0.4, -0.2) is 12.5 Å². The molecule has 2 nitrogen and oxygen atoms in total. The van der Waals surface area contributed by atoms with Crippen molar-refractivity contribution in [2.24, 2.45) is 11.3 Å². The summed E-state index contributed by atoms with van der Waals surface area (Å²) in [5.74, 6) is 0.720. The average molecular weight is 386 g/mol. The van der Waals surface area contributed by atoms with Gasteiger partial charge in [-0.3, -0.25) is 4.79 Å². The van der Waals surface area contributed by atoms with Crippen LogP contribution in [0.15, 0.2) is 60.2 Å². The van der Waals surface area contributed by atoms with E-state index in [1.165, 1.54) is 16.7 Å². The Morgan fingerprint density at radius 1 is 0.962 bits per heavy atom. The summed E-state index contributed by atoms with van der Waals surface area (Å²) in [5.41, 5.74) is 3.19. The Kier molecular flexibility index (Phi) is 4.37. The van der Waals surface area contributed by atoms with Crippen LogP contribution in [0.5, 0.6) is 0 Å². The zero-order valence-corrected chi connectivity index (χ0v) is 16.3. The second-order valence-corrected chi connectivity index (χ2v) is 8.47. The molecule has 1 N–H and O–H groups in total. The van der Waals surface area contributed by atoms with E-state index < -0.39 is 5.41 Å². The van der Waals surface area contributed by atoms with Crippen molar-refractivity contribution in [3.63, 3.8) is 0 Å². The Labute approximate surface area is 164 Å². The number of fused-ring (bicyclic) bond motifs is 1. The number of allylic oxidation sites excluding steroid dienone is 1. The minimum Gasteiger partial charge on any atom is -0.355 e. The Morgan fingerprint density at radius 3 is 2.08 bits per heavy atom. The summed E-state index contributed by atoms with van der Waals surface area (Å²) in [5, 5.41) is 4.54. The van der Waals surface area contributed by atoms with Gasteiger partial charge in [-0.25, -0.2) is 0 Å². The van der Waals surface area contributed by atoms with Crippen LogP contribution in [0.1, 0.15) is 36.8 Å². The Hall–Kier alpha value is -1.77. The van der Waals surface area contributed by atoms with Gasteiger partial charge in [0.25, 0.3) is 0 Å². The molecule has 1 fully saturated rings. The third kappa shape index (κ3) is 2.76. The van der Waals surface area contributed by atoms with Gasteiger partial charge in [-0.2, -0.15) is 0 Å². The van der Waals surface area contributed by atoms with Crippen molar-refractivity contribution < 1.29 is 4.79 Å². The van der Waals surface area contributed by atoms with Crippen LogP contribution in [0.25, 0.3) is 0 Å². The van der Waals surface area contributed by atoms with E-state index in [2.05, 4.69) is 49.5 Å². The van der Waals surface area contributed by atoms with Gasteiger partial charge in [-0.05, 0) is 49.2 Å². The molecule has 2 aromatic rings. The fourth-order valence-corrected chi connectivity index (χ4v) is 5.03. The van der Waals surface area contributed by atoms with Crippen molar-refractivity contribution >= 4 is 29.1 Å². The van der Waals surface area contributed by atoms with Gasteiger partial charge >= 0.3 is 0 Å². The van der Waals surface area contributed by atoms with Crippen molar-refractivity contribution in [2.45, 2.75) is 25.7 Å². The number of carbonyl (C=O) groups excluding carboxylic acids is 1. The maximum atomic E-state index is 12.6. The lowest BCUT2D eigenvalue weighted by atomic mass is 9.58. The number of carbonyl (C=O) groups is 1. The predicted octanol–water partition coefficient (Wildman–Crippen LogP) is 5.57. The normalized spacial score (nSPS) is 30.5. The molecule has 4 atom stereocenters. The van der Waals surface area contributed by atoms with Gasteiger partial charge in [0.2, 0.25) is 5.91 Å². The fraction of sp³-hybridized carbons (Fsp3) is 0.318. The number of rotatable bonds is 2. The maximum absolute atomic E-state index is 12.6. The molecule has 1 amide bonds. The lowest BCUT2D eigenvalue weighted by Gasteiger charge is -2.43. The molecule has 1 heterocycles. The third-order valence-electron chi connectivity index (χ3n) is 6.04. The third-order valence-corrected chi connectivity index (χ3v) is 6.54. The molecule has 0 aromatic heterocycles. The molecular formula is C22H21Cl2NO. The largest absolute Gasteiger partial charge is 0.355 e. The highest BCUT2D eigenvalue weighted by molar-refractivity contribution is 6.30. The smallest absolute Gasteiger partial charge is 0.230 e. The Bertz CT molecular complexity index is 872. The molecule has 4 rings (SSSR count). The summed E-state index contributed by atoms with van der Waals surface area (Å²) in [6, 6.07) is 16.1. The molecular weight excluding hydrogens is 365 g/mol. The van der Waals surface area contributed by atoms with Crippen molar-refractivity contribution in [1.82, 2.24) is 5.32 Å². The van der Waals surface area contributed by atoms with Crippen molar-refractivity contribution in [1.29, 1.82) is 0 Å². The first-order valence-corrected chi connectivity index (χ1v) is 9.64. The molecule has 4 unspecified atom stereocenters. The molecule has 0 radical (unpaired) electrons. The van der Waals surface area contributed by atoms with Crippen LogP contribution < -0.4 is 5.32 Å². The van der Waals surface area contributed by atoms with E-state index in [0.29, 0.717) is 6.54 Å². The van der Waals surface area contributed by atoms with Gasteiger partial charge in [-0.1, -0.05) is 59.1 Å². The van der Waals surface area contributed by atoms with Gasteiger partial charge in [0.05, 0.1) is 5.41 Å². The molecule has 2 aromatic carbocycles. The summed E-state index contributed by atoms with van der Waals surface area (Å²) in [6.07, 6.45) is 2.17. The lowest BCUT2D eigenvalue weighted by molar-refractivity contribution is -0.126. The summed E-state index contributed by atoms with van der Waals surface area (Å²) >= 11 is 12.2. The molecule has 1 aliphatic heterocycles.